The smallest absolute Gasteiger partial charge is 0.414 e. The lowest BCUT2D eigenvalue weighted by Crippen LogP contribution is -2.42. The van der Waals surface area contributed by atoms with Crippen molar-refractivity contribution in [3.8, 4) is 11.3 Å². The van der Waals surface area contributed by atoms with E-state index in [9.17, 15) is 23.6 Å². The molecule has 12 nitrogen and oxygen atoms in total. The number of likely N-dealkylation sites (N-methyl/N-ethyl adjacent to an activating group) is 1. The summed E-state index contributed by atoms with van der Waals surface area (Å²) in [6.45, 7) is 1.66. The Bertz CT molecular complexity index is 1410. The Balaban J connectivity index is 1.55. The van der Waals surface area contributed by atoms with Gasteiger partial charge in [-0.3, -0.25) is 14.9 Å². The number of benzene rings is 2. The molecule has 0 saturated heterocycles. The fourth-order valence-electron chi connectivity index (χ4n) is 4.11. The number of hydrogen-bond acceptors (Lipinski definition) is 8. The molecule has 0 saturated carbocycles. The van der Waals surface area contributed by atoms with Gasteiger partial charge in [0.05, 0.1) is 17.7 Å². The largest absolute Gasteiger partial charge is 0.465 e. The summed E-state index contributed by atoms with van der Waals surface area (Å²) in [5.41, 5.74) is 1.84. The van der Waals surface area contributed by atoms with Gasteiger partial charge in [-0.1, -0.05) is 59.2 Å². The molecule has 0 spiro atoms. The van der Waals surface area contributed by atoms with Crippen molar-refractivity contribution in [2.45, 2.75) is 38.6 Å². The number of ether oxygens (including phenoxy) is 2. The molecule has 0 aliphatic carbocycles. The minimum absolute atomic E-state index is 0.0327. The molecule has 44 heavy (non-hydrogen) atoms. The molecule has 4 amide bonds. The third-order valence-corrected chi connectivity index (χ3v) is 6.91. The van der Waals surface area contributed by atoms with Crippen LogP contribution in [0.1, 0.15) is 31.7 Å². The summed E-state index contributed by atoms with van der Waals surface area (Å²) in [4.78, 5) is 50.4. The standard InChI is InChI=1S/C30H35ClFN5O7/c1-3-42-27(39)18-34-29(40)33-16-8-12-22(37(2)26(38)15-14-21-11-7-13-23(32)28(21)31)19-43-30(41)35-25-17-24(36-44-25)20-9-5-4-6-10-20/h4-7,9-11,13,17,22H,3,8,12,14-16,18-19H2,1-2H3,(H,35,41)(H2,33,34,40)/t22-/m0/s1. The number of halogens is 2. The number of carbonyl (C=O) groups is 4. The second-order valence-corrected chi connectivity index (χ2v) is 9.97. The monoisotopic (exact) mass is 631 g/mol. The minimum Gasteiger partial charge on any atom is -0.465 e. The van der Waals surface area contributed by atoms with Gasteiger partial charge < -0.3 is 29.5 Å². The quantitative estimate of drug-likeness (QED) is 0.160. The highest BCUT2D eigenvalue weighted by molar-refractivity contribution is 6.31. The van der Waals surface area contributed by atoms with Gasteiger partial charge in [-0.05, 0) is 37.8 Å². The Morgan fingerprint density at radius 3 is 2.59 bits per heavy atom. The fraction of sp³-hybridized carbons (Fsp3) is 0.367. The minimum atomic E-state index is -0.811. The van der Waals surface area contributed by atoms with Crippen LogP contribution in [-0.4, -0.2) is 73.5 Å². The van der Waals surface area contributed by atoms with Crippen LogP contribution in [0, 0.1) is 5.82 Å². The average Bonchev–Trinajstić information content (AvgIpc) is 3.48. The van der Waals surface area contributed by atoms with Crippen molar-refractivity contribution in [2.24, 2.45) is 0 Å². The zero-order valence-corrected chi connectivity index (χ0v) is 25.2. The Morgan fingerprint density at radius 1 is 1.07 bits per heavy atom. The van der Waals surface area contributed by atoms with Crippen molar-refractivity contribution in [1.29, 1.82) is 0 Å². The molecule has 0 bridgehead atoms. The number of carbonyl (C=O) groups excluding carboxylic acids is 4. The van der Waals surface area contributed by atoms with Gasteiger partial charge in [0, 0.05) is 31.6 Å². The number of esters is 1. The van der Waals surface area contributed by atoms with E-state index in [1.165, 1.54) is 17.0 Å². The van der Waals surface area contributed by atoms with Gasteiger partial charge >= 0.3 is 18.1 Å². The van der Waals surface area contributed by atoms with E-state index < -0.39 is 30.0 Å². The average molecular weight is 632 g/mol. The number of urea groups is 1. The van der Waals surface area contributed by atoms with E-state index in [2.05, 4.69) is 21.1 Å². The highest BCUT2D eigenvalue weighted by Gasteiger charge is 2.23. The molecule has 1 atom stereocenters. The molecule has 3 aromatic rings. The molecule has 0 fully saturated rings. The summed E-state index contributed by atoms with van der Waals surface area (Å²) >= 11 is 6.03. The lowest BCUT2D eigenvalue weighted by atomic mass is 10.1. The molecule has 3 rings (SSSR count). The van der Waals surface area contributed by atoms with Crippen molar-refractivity contribution >= 4 is 41.5 Å². The van der Waals surface area contributed by atoms with Gasteiger partial charge in [0.15, 0.2) is 0 Å². The van der Waals surface area contributed by atoms with Crippen LogP contribution >= 0.6 is 11.6 Å². The van der Waals surface area contributed by atoms with E-state index in [0.717, 1.165) is 5.56 Å². The number of anilines is 1. The normalized spacial score (nSPS) is 11.3. The molecule has 1 heterocycles. The van der Waals surface area contributed by atoms with Crippen molar-refractivity contribution in [1.82, 2.24) is 20.7 Å². The van der Waals surface area contributed by atoms with Crippen molar-refractivity contribution in [3.63, 3.8) is 0 Å². The summed E-state index contributed by atoms with van der Waals surface area (Å²) < 4.78 is 29.2. The van der Waals surface area contributed by atoms with Crippen molar-refractivity contribution in [3.05, 3.63) is 71.0 Å². The van der Waals surface area contributed by atoms with Crippen LogP contribution in [-0.2, 0) is 25.5 Å². The van der Waals surface area contributed by atoms with E-state index in [1.54, 1.807) is 26.1 Å². The number of aromatic nitrogens is 1. The van der Waals surface area contributed by atoms with Crippen LogP contribution in [0.15, 0.2) is 59.1 Å². The number of rotatable bonds is 15. The fourth-order valence-corrected chi connectivity index (χ4v) is 4.33. The predicted octanol–water partition coefficient (Wildman–Crippen LogP) is 4.78. The van der Waals surface area contributed by atoms with Gasteiger partial charge in [0.1, 0.15) is 24.7 Å². The molecular weight excluding hydrogens is 597 g/mol. The lowest BCUT2D eigenvalue weighted by molar-refractivity contribution is -0.141. The molecule has 14 heteroatoms. The van der Waals surface area contributed by atoms with E-state index in [1.807, 2.05) is 30.3 Å². The van der Waals surface area contributed by atoms with Gasteiger partial charge in [-0.2, -0.15) is 0 Å². The van der Waals surface area contributed by atoms with E-state index in [0.29, 0.717) is 24.1 Å². The molecule has 3 N–H and O–H groups in total. The second-order valence-electron chi connectivity index (χ2n) is 9.59. The Kier molecular flexibility index (Phi) is 13.4. The molecule has 0 radical (unpaired) electrons. The molecule has 236 valence electrons. The maximum Gasteiger partial charge on any atom is 0.414 e. The Hall–Kier alpha value is -4.65. The number of nitrogens with one attached hydrogen (secondary N) is 3. The summed E-state index contributed by atoms with van der Waals surface area (Å²) in [6, 6.07) is 14.1. The number of nitrogens with zero attached hydrogens (tertiary/aromatic N) is 2. The summed E-state index contributed by atoms with van der Waals surface area (Å²) in [5, 5.41) is 11.4. The highest BCUT2D eigenvalue weighted by Crippen LogP contribution is 2.23. The van der Waals surface area contributed by atoms with Gasteiger partial charge in [-0.25, -0.2) is 14.0 Å². The van der Waals surface area contributed by atoms with Crippen LogP contribution in [0.4, 0.5) is 19.9 Å². The maximum atomic E-state index is 13.8. The van der Waals surface area contributed by atoms with Crippen LogP contribution in [0.25, 0.3) is 11.3 Å². The van der Waals surface area contributed by atoms with Crippen LogP contribution in [0.2, 0.25) is 5.02 Å². The number of amides is 4. The third-order valence-electron chi connectivity index (χ3n) is 6.49. The van der Waals surface area contributed by atoms with Crippen LogP contribution < -0.4 is 16.0 Å². The summed E-state index contributed by atoms with van der Waals surface area (Å²) in [6.07, 6.45) is 0.213. The van der Waals surface area contributed by atoms with Crippen LogP contribution in [0.3, 0.4) is 0 Å². The lowest BCUT2D eigenvalue weighted by Gasteiger charge is -2.28. The zero-order chi connectivity index (χ0) is 31.9. The second kappa shape index (κ2) is 17.5. The van der Waals surface area contributed by atoms with E-state index >= 15 is 0 Å². The first-order valence-corrected chi connectivity index (χ1v) is 14.4. The predicted molar refractivity (Wildman–Crippen MR) is 160 cm³/mol. The molecule has 2 aromatic carbocycles. The third kappa shape index (κ3) is 10.9. The van der Waals surface area contributed by atoms with Gasteiger partial charge in [0.25, 0.3) is 0 Å². The maximum absolute atomic E-state index is 13.8. The van der Waals surface area contributed by atoms with Crippen molar-refractivity contribution < 1.29 is 37.6 Å². The number of hydrogen-bond donors (Lipinski definition) is 3. The topological polar surface area (TPSA) is 152 Å². The first-order chi connectivity index (χ1) is 21.2. The highest BCUT2D eigenvalue weighted by atomic mass is 35.5. The van der Waals surface area contributed by atoms with E-state index in [4.69, 9.17) is 25.6 Å². The molecule has 0 unspecified atom stereocenters. The van der Waals surface area contributed by atoms with Crippen LogP contribution in [0.5, 0.6) is 0 Å². The summed E-state index contributed by atoms with van der Waals surface area (Å²) in [5.74, 6) is -1.31. The molecule has 1 aromatic heterocycles. The number of aryl methyl sites for hydroxylation is 1. The first-order valence-electron chi connectivity index (χ1n) is 14.0. The SMILES string of the molecule is CCOC(=O)CNC(=O)NCCC[C@@H](COC(=O)Nc1cc(-c2ccccc2)no1)N(C)C(=O)CCc1cccc(F)c1Cl. The van der Waals surface area contributed by atoms with Crippen molar-refractivity contribution in [2.75, 3.05) is 38.7 Å². The van der Waals surface area contributed by atoms with Gasteiger partial charge in [-0.15, -0.1) is 0 Å². The van der Waals surface area contributed by atoms with Gasteiger partial charge in [0.2, 0.25) is 11.8 Å². The molecule has 0 aliphatic heterocycles. The Morgan fingerprint density at radius 2 is 1.84 bits per heavy atom. The van der Waals surface area contributed by atoms with E-state index in [-0.39, 0.29) is 56.0 Å². The summed E-state index contributed by atoms with van der Waals surface area (Å²) in [7, 11) is 1.57. The molecular formula is C30H35ClFN5O7. The molecule has 0 aliphatic rings. The Labute approximate surface area is 259 Å². The zero-order valence-electron chi connectivity index (χ0n) is 24.4. The first kappa shape index (κ1) is 33.8.